The van der Waals surface area contributed by atoms with Gasteiger partial charge in [-0.3, -0.25) is 9.59 Å². The van der Waals surface area contributed by atoms with Gasteiger partial charge in [0.1, 0.15) is 12.4 Å². The first-order valence-electron chi connectivity index (χ1n) is 9.93. The van der Waals surface area contributed by atoms with Crippen LogP contribution in [0.4, 0.5) is 0 Å². The molecule has 2 fully saturated rings. The van der Waals surface area contributed by atoms with E-state index in [1.54, 1.807) is 0 Å². The molecule has 0 radical (unpaired) electrons. The summed E-state index contributed by atoms with van der Waals surface area (Å²) in [5, 5.41) is 6.29. The number of likely N-dealkylation sites (tertiary alicyclic amines) is 1. The normalized spacial score (nSPS) is 24.6. The van der Waals surface area contributed by atoms with Crippen LogP contribution in [0, 0.1) is 5.92 Å². The standard InChI is InChI=1S/C21H27N3O3/c25-20(18-7-3-9-22-18)23-12-15-5-4-10-24(13-15)21(26)17-11-16-6-1-2-8-19(16)27-14-17/h1-2,6,8,11,15,18,22H,3-5,7,9-10,12-14H2,(H,23,25). The monoisotopic (exact) mass is 369 g/mol. The number of rotatable bonds is 4. The maximum absolute atomic E-state index is 12.9. The Kier molecular flexibility index (Phi) is 5.43. The molecule has 4 rings (SSSR count). The zero-order chi connectivity index (χ0) is 18.6. The van der Waals surface area contributed by atoms with Gasteiger partial charge in [0.2, 0.25) is 5.91 Å². The molecule has 6 nitrogen and oxygen atoms in total. The predicted octanol–water partition coefficient (Wildman–Crippen LogP) is 1.57. The highest BCUT2D eigenvalue weighted by atomic mass is 16.5. The second kappa shape index (κ2) is 8.13. The quantitative estimate of drug-likeness (QED) is 0.845. The fourth-order valence-electron chi connectivity index (χ4n) is 4.14. The highest BCUT2D eigenvalue weighted by Gasteiger charge is 2.28. The van der Waals surface area contributed by atoms with Crippen LogP contribution in [0.5, 0.6) is 5.75 Å². The number of amides is 2. The number of fused-ring (bicyclic) bond motifs is 1. The van der Waals surface area contributed by atoms with Crippen molar-refractivity contribution in [3.63, 3.8) is 0 Å². The fourth-order valence-corrected chi connectivity index (χ4v) is 4.14. The van der Waals surface area contributed by atoms with Crippen LogP contribution < -0.4 is 15.4 Å². The van der Waals surface area contributed by atoms with Crippen molar-refractivity contribution in [3.05, 3.63) is 35.4 Å². The Hall–Kier alpha value is -2.34. The molecule has 0 saturated carbocycles. The Morgan fingerprint density at radius 2 is 2.11 bits per heavy atom. The van der Waals surface area contributed by atoms with Crippen LogP contribution in [0.3, 0.4) is 0 Å². The first kappa shape index (κ1) is 18.0. The molecule has 3 aliphatic heterocycles. The van der Waals surface area contributed by atoms with E-state index in [9.17, 15) is 9.59 Å². The molecule has 2 atom stereocenters. The summed E-state index contributed by atoms with van der Waals surface area (Å²) in [6.45, 7) is 3.34. The lowest BCUT2D eigenvalue weighted by molar-refractivity contribution is -0.129. The second-order valence-corrected chi connectivity index (χ2v) is 7.65. The minimum absolute atomic E-state index is 0.0454. The lowest BCUT2D eigenvalue weighted by atomic mass is 9.96. The number of hydrogen-bond donors (Lipinski definition) is 2. The summed E-state index contributed by atoms with van der Waals surface area (Å²) in [5.41, 5.74) is 1.66. The van der Waals surface area contributed by atoms with Crippen LogP contribution in [0.25, 0.3) is 6.08 Å². The molecule has 144 valence electrons. The molecule has 3 heterocycles. The van der Waals surface area contributed by atoms with Crippen molar-refractivity contribution in [1.29, 1.82) is 0 Å². The molecule has 1 aromatic rings. The molecule has 6 heteroatoms. The average molecular weight is 369 g/mol. The van der Waals surface area contributed by atoms with Crippen molar-refractivity contribution in [2.24, 2.45) is 5.92 Å². The zero-order valence-electron chi connectivity index (χ0n) is 15.6. The van der Waals surface area contributed by atoms with E-state index in [1.165, 1.54) is 0 Å². The van der Waals surface area contributed by atoms with Gasteiger partial charge in [0.25, 0.3) is 5.91 Å². The lowest BCUT2D eigenvalue weighted by Gasteiger charge is -2.34. The van der Waals surface area contributed by atoms with E-state index in [4.69, 9.17) is 4.74 Å². The maximum atomic E-state index is 12.9. The number of para-hydroxylation sites is 1. The third kappa shape index (κ3) is 4.16. The van der Waals surface area contributed by atoms with Gasteiger partial charge in [-0.1, -0.05) is 18.2 Å². The number of ether oxygens (including phenoxy) is 1. The van der Waals surface area contributed by atoms with Gasteiger partial charge >= 0.3 is 0 Å². The topological polar surface area (TPSA) is 70.7 Å². The van der Waals surface area contributed by atoms with E-state index < -0.39 is 0 Å². The van der Waals surface area contributed by atoms with Crippen molar-refractivity contribution in [2.45, 2.75) is 31.7 Å². The van der Waals surface area contributed by atoms with Crippen molar-refractivity contribution in [2.75, 3.05) is 32.8 Å². The van der Waals surface area contributed by atoms with Crippen molar-refractivity contribution in [1.82, 2.24) is 15.5 Å². The summed E-state index contributed by atoms with van der Waals surface area (Å²) < 4.78 is 5.73. The van der Waals surface area contributed by atoms with E-state index in [-0.39, 0.29) is 17.9 Å². The largest absolute Gasteiger partial charge is 0.488 e. The van der Waals surface area contributed by atoms with Crippen LogP contribution in [0.2, 0.25) is 0 Å². The van der Waals surface area contributed by atoms with Crippen LogP contribution in [0.15, 0.2) is 29.8 Å². The molecule has 2 saturated heterocycles. The van der Waals surface area contributed by atoms with Crippen molar-refractivity contribution >= 4 is 17.9 Å². The smallest absolute Gasteiger partial charge is 0.253 e. The highest BCUT2D eigenvalue weighted by Crippen LogP contribution is 2.27. The third-order valence-corrected chi connectivity index (χ3v) is 5.65. The second-order valence-electron chi connectivity index (χ2n) is 7.65. The number of carbonyl (C=O) groups is 2. The zero-order valence-corrected chi connectivity index (χ0v) is 15.6. The fraction of sp³-hybridized carbons (Fsp3) is 0.524. The number of hydrogen-bond acceptors (Lipinski definition) is 4. The molecule has 2 N–H and O–H groups in total. The molecule has 3 aliphatic rings. The third-order valence-electron chi connectivity index (χ3n) is 5.65. The van der Waals surface area contributed by atoms with Gasteiger partial charge in [-0.15, -0.1) is 0 Å². The van der Waals surface area contributed by atoms with Crippen LogP contribution in [0.1, 0.15) is 31.2 Å². The van der Waals surface area contributed by atoms with Crippen molar-refractivity contribution < 1.29 is 14.3 Å². The molecular formula is C21H27N3O3. The molecule has 2 unspecified atom stereocenters. The Morgan fingerprint density at radius 3 is 2.96 bits per heavy atom. The number of nitrogens with zero attached hydrogens (tertiary/aromatic N) is 1. The summed E-state index contributed by atoms with van der Waals surface area (Å²) >= 11 is 0. The Balaban J connectivity index is 1.33. The van der Waals surface area contributed by atoms with Crippen LogP contribution in [-0.4, -0.2) is 55.5 Å². The SMILES string of the molecule is O=C(NCC1CCCN(C(=O)C2=Cc3ccccc3OC2)C1)C1CCCN1. The summed E-state index contributed by atoms with van der Waals surface area (Å²) in [4.78, 5) is 27.0. The van der Waals surface area contributed by atoms with Gasteiger partial charge in [0, 0.05) is 25.2 Å². The van der Waals surface area contributed by atoms with E-state index in [1.807, 2.05) is 35.2 Å². The minimum Gasteiger partial charge on any atom is -0.488 e. The molecule has 27 heavy (non-hydrogen) atoms. The molecule has 1 aromatic carbocycles. The van der Waals surface area contributed by atoms with Gasteiger partial charge < -0.3 is 20.3 Å². The van der Waals surface area contributed by atoms with E-state index in [0.29, 0.717) is 31.2 Å². The Morgan fingerprint density at radius 1 is 1.22 bits per heavy atom. The van der Waals surface area contributed by atoms with Gasteiger partial charge in [-0.2, -0.15) is 0 Å². The summed E-state index contributed by atoms with van der Waals surface area (Å²) in [5.74, 6) is 1.29. The predicted molar refractivity (Wildman–Crippen MR) is 103 cm³/mol. The van der Waals surface area contributed by atoms with Gasteiger partial charge in [-0.05, 0) is 50.3 Å². The molecule has 0 aromatic heterocycles. The highest BCUT2D eigenvalue weighted by molar-refractivity contribution is 5.99. The first-order valence-corrected chi connectivity index (χ1v) is 9.93. The Bertz CT molecular complexity index is 740. The molecule has 2 amide bonds. The maximum Gasteiger partial charge on any atom is 0.253 e. The minimum atomic E-state index is -0.0454. The van der Waals surface area contributed by atoms with Gasteiger partial charge in [-0.25, -0.2) is 0 Å². The van der Waals surface area contributed by atoms with E-state index >= 15 is 0 Å². The van der Waals surface area contributed by atoms with Gasteiger partial charge in [0.15, 0.2) is 0 Å². The van der Waals surface area contributed by atoms with Crippen molar-refractivity contribution in [3.8, 4) is 5.75 Å². The molecule has 0 aliphatic carbocycles. The lowest BCUT2D eigenvalue weighted by Crippen LogP contribution is -2.47. The van der Waals surface area contributed by atoms with Crippen LogP contribution in [-0.2, 0) is 9.59 Å². The van der Waals surface area contributed by atoms with Crippen LogP contribution >= 0.6 is 0 Å². The molecule has 0 spiro atoms. The summed E-state index contributed by atoms with van der Waals surface area (Å²) in [6.07, 6.45) is 5.93. The van der Waals surface area contributed by atoms with E-state index in [2.05, 4.69) is 10.6 Å². The summed E-state index contributed by atoms with van der Waals surface area (Å²) in [7, 11) is 0. The number of carbonyl (C=O) groups excluding carboxylic acids is 2. The van der Waals surface area contributed by atoms with Gasteiger partial charge in [0.05, 0.1) is 11.6 Å². The number of nitrogens with one attached hydrogen (secondary N) is 2. The average Bonchev–Trinajstić information content (AvgIpc) is 3.26. The summed E-state index contributed by atoms with van der Waals surface area (Å²) in [6, 6.07) is 7.73. The first-order chi connectivity index (χ1) is 13.2. The molecule has 0 bridgehead atoms. The number of benzene rings is 1. The van der Waals surface area contributed by atoms with E-state index in [0.717, 1.165) is 50.1 Å². The number of piperidine rings is 1. The molecular weight excluding hydrogens is 342 g/mol. The Labute approximate surface area is 159 Å².